The summed E-state index contributed by atoms with van der Waals surface area (Å²) in [6.45, 7) is 5.82. The number of para-hydroxylation sites is 1. The van der Waals surface area contributed by atoms with Crippen molar-refractivity contribution < 1.29 is 0 Å². The number of hydrogen-bond acceptors (Lipinski definition) is 2. The van der Waals surface area contributed by atoms with E-state index in [4.69, 9.17) is 0 Å². The van der Waals surface area contributed by atoms with Crippen LogP contribution < -0.4 is 5.32 Å². The average molecular weight is 283 g/mol. The first-order chi connectivity index (χ1) is 10.3. The number of hydrogen-bond donors (Lipinski definition) is 1. The molecule has 2 aromatic rings. The molecule has 1 fully saturated rings. The maximum atomic E-state index is 3.50. The average Bonchev–Trinajstić information content (AvgIpc) is 2.88. The maximum Gasteiger partial charge on any atom is 0.0518 e. The van der Waals surface area contributed by atoms with Gasteiger partial charge in [-0.15, -0.1) is 0 Å². The largest absolute Gasteiger partial charge is 0.343 e. The number of fused-ring (bicyclic) bond motifs is 5. The van der Waals surface area contributed by atoms with Gasteiger partial charge in [0.15, 0.2) is 0 Å². The van der Waals surface area contributed by atoms with Crippen LogP contribution in [0.25, 0.3) is 10.9 Å². The third-order valence-electron chi connectivity index (χ3n) is 5.52. The molecule has 0 radical (unpaired) electrons. The van der Waals surface area contributed by atoms with Crippen LogP contribution >= 0.6 is 0 Å². The predicted molar refractivity (Wildman–Crippen MR) is 87.7 cm³/mol. The van der Waals surface area contributed by atoms with Gasteiger partial charge in [0.2, 0.25) is 0 Å². The topological polar surface area (TPSA) is 20.2 Å². The van der Waals surface area contributed by atoms with Gasteiger partial charge < -0.3 is 9.88 Å². The number of benzene rings is 1. The molecule has 0 amide bonds. The van der Waals surface area contributed by atoms with Crippen LogP contribution in [0.1, 0.15) is 37.1 Å². The fourth-order valence-electron chi connectivity index (χ4n) is 4.46. The quantitative estimate of drug-likeness (QED) is 0.914. The molecule has 2 aliphatic heterocycles. The van der Waals surface area contributed by atoms with Crippen molar-refractivity contribution in [2.45, 2.75) is 44.8 Å². The summed E-state index contributed by atoms with van der Waals surface area (Å²) in [6.07, 6.45) is 3.75. The summed E-state index contributed by atoms with van der Waals surface area (Å²) in [5, 5.41) is 4.99. The van der Waals surface area contributed by atoms with Gasteiger partial charge >= 0.3 is 0 Å². The van der Waals surface area contributed by atoms with Gasteiger partial charge in [-0.2, -0.15) is 0 Å². The monoisotopic (exact) mass is 283 g/mol. The summed E-state index contributed by atoms with van der Waals surface area (Å²) < 4.78 is 2.57. The molecule has 1 aromatic carbocycles. The number of rotatable bonds is 2. The van der Waals surface area contributed by atoms with Crippen molar-refractivity contribution in [1.29, 1.82) is 0 Å². The second-order valence-electron chi connectivity index (χ2n) is 6.44. The van der Waals surface area contributed by atoms with Crippen LogP contribution in [0.5, 0.6) is 0 Å². The SMILES string of the molecule is CCn1c2c(c3ccccc31)CCN1CCC(NC)C[C@@H]21. The Morgan fingerprint density at radius 1 is 1.24 bits per heavy atom. The Bertz CT molecular complexity index is 625. The molecule has 2 atom stereocenters. The van der Waals surface area contributed by atoms with Gasteiger partial charge in [0.25, 0.3) is 0 Å². The Hall–Kier alpha value is -1.32. The summed E-state index contributed by atoms with van der Waals surface area (Å²) in [7, 11) is 2.11. The minimum Gasteiger partial charge on any atom is -0.343 e. The molecule has 0 aliphatic carbocycles. The fraction of sp³-hybridized carbons (Fsp3) is 0.556. The van der Waals surface area contributed by atoms with E-state index in [1.807, 2.05) is 0 Å². The summed E-state index contributed by atoms with van der Waals surface area (Å²) >= 11 is 0. The molecule has 1 aromatic heterocycles. The molecule has 0 saturated carbocycles. The number of aryl methyl sites for hydroxylation is 1. The Balaban J connectivity index is 1.88. The molecule has 0 bridgehead atoms. The van der Waals surface area contributed by atoms with Crippen molar-refractivity contribution in [1.82, 2.24) is 14.8 Å². The molecular formula is C18H25N3. The molecule has 3 heteroatoms. The van der Waals surface area contributed by atoms with E-state index in [0.717, 1.165) is 6.54 Å². The summed E-state index contributed by atoms with van der Waals surface area (Å²) in [6, 6.07) is 10.2. The zero-order valence-electron chi connectivity index (χ0n) is 13.1. The Morgan fingerprint density at radius 3 is 2.90 bits per heavy atom. The van der Waals surface area contributed by atoms with E-state index in [2.05, 4.69) is 53.0 Å². The second kappa shape index (κ2) is 5.15. The molecule has 2 aliphatic rings. The van der Waals surface area contributed by atoms with Crippen molar-refractivity contribution in [2.24, 2.45) is 0 Å². The summed E-state index contributed by atoms with van der Waals surface area (Å²) in [5.74, 6) is 0. The molecule has 3 heterocycles. The first-order valence-corrected chi connectivity index (χ1v) is 8.34. The first kappa shape index (κ1) is 13.4. The lowest BCUT2D eigenvalue weighted by molar-refractivity contribution is 0.113. The van der Waals surface area contributed by atoms with Crippen molar-refractivity contribution >= 4 is 10.9 Å². The molecule has 112 valence electrons. The van der Waals surface area contributed by atoms with E-state index in [-0.39, 0.29) is 0 Å². The van der Waals surface area contributed by atoms with E-state index >= 15 is 0 Å². The minimum absolute atomic E-state index is 0.604. The fourth-order valence-corrected chi connectivity index (χ4v) is 4.46. The van der Waals surface area contributed by atoms with Crippen LogP contribution in [-0.4, -0.2) is 35.6 Å². The minimum atomic E-state index is 0.604. The van der Waals surface area contributed by atoms with Crippen molar-refractivity contribution in [3.8, 4) is 0 Å². The summed E-state index contributed by atoms with van der Waals surface area (Å²) in [4.78, 5) is 2.71. The van der Waals surface area contributed by atoms with E-state index < -0.39 is 0 Å². The molecule has 0 spiro atoms. The zero-order valence-corrected chi connectivity index (χ0v) is 13.1. The lowest BCUT2D eigenvalue weighted by Gasteiger charge is -2.43. The second-order valence-corrected chi connectivity index (χ2v) is 6.44. The Kier molecular flexibility index (Phi) is 3.27. The van der Waals surface area contributed by atoms with Gasteiger partial charge in [-0.3, -0.25) is 4.90 Å². The standard InChI is InChI=1S/C18H25N3/c1-3-21-16-7-5-4-6-14(16)15-9-11-20-10-8-13(19-2)12-17(20)18(15)21/h4-7,13,17,19H,3,8-12H2,1-2H3/t13?,17-/m0/s1. The number of nitrogens with zero attached hydrogens (tertiary/aromatic N) is 2. The van der Waals surface area contributed by atoms with E-state index in [9.17, 15) is 0 Å². The highest BCUT2D eigenvalue weighted by Crippen LogP contribution is 2.41. The van der Waals surface area contributed by atoms with Gasteiger partial charge in [-0.1, -0.05) is 18.2 Å². The van der Waals surface area contributed by atoms with E-state index in [1.54, 1.807) is 11.3 Å². The predicted octanol–water partition coefficient (Wildman–Crippen LogP) is 2.94. The van der Waals surface area contributed by atoms with Crippen LogP contribution in [0, 0.1) is 0 Å². The highest BCUT2D eigenvalue weighted by molar-refractivity contribution is 5.86. The third-order valence-corrected chi connectivity index (χ3v) is 5.52. The van der Waals surface area contributed by atoms with Crippen molar-refractivity contribution in [2.75, 3.05) is 20.1 Å². The lowest BCUT2D eigenvalue weighted by Crippen LogP contribution is -2.46. The highest BCUT2D eigenvalue weighted by atomic mass is 15.2. The normalized spacial score (nSPS) is 25.8. The highest BCUT2D eigenvalue weighted by Gasteiger charge is 2.36. The van der Waals surface area contributed by atoms with Gasteiger partial charge in [0, 0.05) is 42.3 Å². The molecule has 1 unspecified atom stereocenters. The molecule has 1 N–H and O–H groups in total. The van der Waals surface area contributed by atoms with Gasteiger partial charge in [-0.25, -0.2) is 0 Å². The van der Waals surface area contributed by atoms with Crippen LogP contribution in [0.15, 0.2) is 24.3 Å². The molecule has 1 saturated heterocycles. The van der Waals surface area contributed by atoms with Crippen LogP contribution in [0.2, 0.25) is 0 Å². The number of nitrogens with one attached hydrogen (secondary N) is 1. The third kappa shape index (κ3) is 1.95. The van der Waals surface area contributed by atoms with Crippen molar-refractivity contribution in [3.63, 3.8) is 0 Å². The lowest BCUT2D eigenvalue weighted by atomic mass is 9.88. The number of aromatic nitrogens is 1. The maximum absolute atomic E-state index is 3.50. The van der Waals surface area contributed by atoms with Gasteiger partial charge in [0.05, 0.1) is 6.04 Å². The van der Waals surface area contributed by atoms with Gasteiger partial charge in [0.1, 0.15) is 0 Å². The van der Waals surface area contributed by atoms with E-state index in [1.165, 1.54) is 43.3 Å². The summed E-state index contributed by atoms with van der Waals surface area (Å²) in [5.41, 5.74) is 4.65. The zero-order chi connectivity index (χ0) is 14.4. The van der Waals surface area contributed by atoms with Gasteiger partial charge in [-0.05, 0) is 44.9 Å². The Labute approximate surface area is 126 Å². The smallest absolute Gasteiger partial charge is 0.0518 e. The molecule has 3 nitrogen and oxygen atoms in total. The molecular weight excluding hydrogens is 258 g/mol. The number of piperidine rings is 1. The first-order valence-electron chi connectivity index (χ1n) is 8.34. The van der Waals surface area contributed by atoms with Crippen LogP contribution in [-0.2, 0) is 13.0 Å². The molecule has 4 rings (SSSR count). The Morgan fingerprint density at radius 2 is 2.10 bits per heavy atom. The molecule has 21 heavy (non-hydrogen) atoms. The van der Waals surface area contributed by atoms with Crippen LogP contribution in [0.3, 0.4) is 0 Å². The van der Waals surface area contributed by atoms with E-state index in [0.29, 0.717) is 12.1 Å². The van der Waals surface area contributed by atoms with Crippen LogP contribution in [0.4, 0.5) is 0 Å². The van der Waals surface area contributed by atoms with Crippen molar-refractivity contribution in [3.05, 3.63) is 35.5 Å².